The molecule has 0 aromatic carbocycles. The number of fused-ring (bicyclic) bond motifs is 2. The van der Waals surface area contributed by atoms with Crippen LogP contribution in [0.15, 0.2) is 35.5 Å². The highest BCUT2D eigenvalue weighted by molar-refractivity contribution is 5.36. The van der Waals surface area contributed by atoms with E-state index >= 15 is 0 Å². The van der Waals surface area contributed by atoms with E-state index in [1.807, 2.05) is 0 Å². The predicted molar refractivity (Wildman–Crippen MR) is 60.7 cm³/mol. The lowest BCUT2D eigenvalue weighted by atomic mass is 10.0. The third-order valence-electron chi connectivity index (χ3n) is 3.21. The lowest BCUT2D eigenvalue weighted by Crippen LogP contribution is -2.06. The normalized spacial score (nSPS) is 28.7. The molecule has 0 spiro atoms. The van der Waals surface area contributed by atoms with Crippen molar-refractivity contribution < 1.29 is 9.47 Å². The monoisotopic (exact) mass is 206 g/mol. The Bertz CT molecular complexity index is 282. The summed E-state index contributed by atoms with van der Waals surface area (Å²) < 4.78 is 10.6. The van der Waals surface area contributed by atoms with Gasteiger partial charge in [0.1, 0.15) is 0 Å². The van der Waals surface area contributed by atoms with E-state index in [0.29, 0.717) is 11.8 Å². The minimum Gasteiger partial charge on any atom is -0.380 e. The standard InChI is InChI=1S/C13H18O2/c1-14-8-12-10-5-3-4-6-11(7-10)13(12)9-15-2/h3-6,10-11H,7-9H2,1-2H3. The molecule has 2 bridgehead atoms. The first-order valence-corrected chi connectivity index (χ1v) is 5.41. The first-order chi connectivity index (χ1) is 7.36. The summed E-state index contributed by atoms with van der Waals surface area (Å²) in [5.41, 5.74) is 2.84. The van der Waals surface area contributed by atoms with Crippen LogP contribution in [0.4, 0.5) is 0 Å². The molecule has 0 radical (unpaired) electrons. The summed E-state index contributed by atoms with van der Waals surface area (Å²) in [4.78, 5) is 0. The zero-order valence-electron chi connectivity index (χ0n) is 9.40. The molecule has 2 atom stereocenters. The maximum atomic E-state index is 5.28. The highest BCUT2D eigenvalue weighted by Gasteiger charge is 2.30. The summed E-state index contributed by atoms with van der Waals surface area (Å²) in [7, 11) is 3.51. The third-order valence-corrected chi connectivity index (χ3v) is 3.21. The van der Waals surface area contributed by atoms with Gasteiger partial charge < -0.3 is 9.47 Å². The van der Waals surface area contributed by atoms with Crippen molar-refractivity contribution in [2.24, 2.45) is 11.8 Å². The van der Waals surface area contributed by atoms with E-state index < -0.39 is 0 Å². The average Bonchev–Trinajstić information content (AvgIpc) is 2.43. The summed E-state index contributed by atoms with van der Waals surface area (Å²) in [5, 5.41) is 0. The maximum Gasteiger partial charge on any atom is 0.0682 e. The van der Waals surface area contributed by atoms with Crippen LogP contribution in [0.1, 0.15) is 6.42 Å². The minimum absolute atomic E-state index is 0.551. The zero-order valence-corrected chi connectivity index (χ0v) is 9.40. The van der Waals surface area contributed by atoms with E-state index in [0.717, 1.165) is 13.2 Å². The number of ether oxygens (including phenoxy) is 2. The fraction of sp³-hybridized carbons (Fsp3) is 0.538. The second-order valence-electron chi connectivity index (χ2n) is 4.13. The van der Waals surface area contributed by atoms with E-state index in [9.17, 15) is 0 Å². The molecule has 0 heterocycles. The van der Waals surface area contributed by atoms with Gasteiger partial charge in [0.05, 0.1) is 13.2 Å². The molecular formula is C13H18O2. The summed E-state index contributed by atoms with van der Waals surface area (Å²) in [6.07, 6.45) is 10.0. The second kappa shape index (κ2) is 4.77. The van der Waals surface area contributed by atoms with Crippen molar-refractivity contribution in [2.45, 2.75) is 6.42 Å². The highest BCUT2D eigenvalue weighted by atomic mass is 16.5. The molecule has 0 fully saturated rings. The van der Waals surface area contributed by atoms with Gasteiger partial charge in [0.15, 0.2) is 0 Å². The fourth-order valence-electron chi connectivity index (χ4n) is 2.53. The smallest absolute Gasteiger partial charge is 0.0682 e. The lowest BCUT2D eigenvalue weighted by Gasteiger charge is -2.12. The van der Waals surface area contributed by atoms with E-state index in [4.69, 9.17) is 9.47 Å². The molecule has 0 N–H and O–H groups in total. The zero-order chi connectivity index (χ0) is 10.7. The Hall–Kier alpha value is -0.860. The van der Waals surface area contributed by atoms with Gasteiger partial charge in [-0.15, -0.1) is 0 Å². The Balaban J connectivity index is 2.28. The Morgan fingerprint density at radius 3 is 1.87 bits per heavy atom. The lowest BCUT2D eigenvalue weighted by molar-refractivity contribution is 0.208. The number of hydrogen-bond acceptors (Lipinski definition) is 2. The molecule has 15 heavy (non-hydrogen) atoms. The molecule has 82 valence electrons. The first kappa shape index (κ1) is 10.7. The van der Waals surface area contributed by atoms with E-state index in [1.165, 1.54) is 17.6 Å². The Labute approximate surface area is 91.3 Å². The molecule has 2 heteroatoms. The second-order valence-corrected chi connectivity index (χ2v) is 4.13. The van der Waals surface area contributed by atoms with Gasteiger partial charge in [-0.25, -0.2) is 0 Å². The van der Waals surface area contributed by atoms with Gasteiger partial charge in [0.25, 0.3) is 0 Å². The van der Waals surface area contributed by atoms with Crippen molar-refractivity contribution in [2.75, 3.05) is 27.4 Å². The minimum atomic E-state index is 0.551. The number of hydrogen-bond donors (Lipinski definition) is 0. The number of methoxy groups -OCH3 is 2. The molecule has 2 rings (SSSR count). The molecule has 2 unspecified atom stereocenters. The van der Waals surface area contributed by atoms with Crippen molar-refractivity contribution in [1.82, 2.24) is 0 Å². The maximum absolute atomic E-state index is 5.28. The molecule has 2 nitrogen and oxygen atoms in total. The van der Waals surface area contributed by atoms with Crippen LogP contribution in [-0.4, -0.2) is 27.4 Å². The molecular weight excluding hydrogens is 188 g/mol. The van der Waals surface area contributed by atoms with E-state index in [-0.39, 0.29) is 0 Å². The van der Waals surface area contributed by atoms with Crippen LogP contribution in [0.3, 0.4) is 0 Å². The van der Waals surface area contributed by atoms with Crippen molar-refractivity contribution in [3.63, 3.8) is 0 Å². The third kappa shape index (κ3) is 2.06. The fourth-order valence-corrected chi connectivity index (χ4v) is 2.53. The molecule has 0 saturated carbocycles. The Morgan fingerprint density at radius 2 is 1.47 bits per heavy atom. The van der Waals surface area contributed by atoms with Crippen LogP contribution in [-0.2, 0) is 9.47 Å². The van der Waals surface area contributed by atoms with Gasteiger partial charge in [-0.1, -0.05) is 24.3 Å². The topological polar surface area (TPSA) is 18.5 Å². The predicted octanol–water partition coefficient (Wildman–Crippen LogP) is 2.34. The Kier molecular flexibility index (Phi) is 3.39. The summed E-state index contributed by atoms with van der Waals surface area (Å²) in [6.45, 7) is 1.47. The molecule has 2 aliphatic carbocycles. The molecule has 0 aliphatic heterocycles. The number of rotatable bonds is 4. The molecule has 0 aromatic heterocycles. The van der Waals surface area contributed by atoms with Crippen LogP contribution < -0.4 is 0 Å². The largest absolute Gasteiger partial charge is 0.380 e. The van der Waals surface area contributed by atoms with E-state index in [1.54, 1.807) is 14.2 Å². The van der Waals surface area contributed by atoms with Gasteiger partial charge in [-0.2, -0.15) is 0 Å². The molecule has 0 aromatic rings. The SMILES string of the molecule is COCC1=C(COC)C2C=CC=CC1C2. The van der Waals surface area contributed by atoms with Crippen LogP contribution in [0.2, 0.25) is 0 Å². The van der Waals surface area contributed by atoms with Crippen molar-refractivity contribution in [3.05, 3.63) is 35.5 Å². The van der Waals surface area contributed by atoms with Gasteiger partial charge >= 0.3 is 0 Å². The summed E-state index contributed by atoms with van der Waals surface area (Å²) in [5.74, 6) is 1.10. The van der Waals surface area contributed by atoms with Crippen LogP contribution in [0.5, 0.6) is 0 Å². The van der Waals surface area contributed by atoms with Crippen molar-refractivity contribution in [1.29, 1.82) is 0 Å². The average molecular weight is 206 g/mol. The van der Waals surface area contributed by atoms with Gasteiger partial charge in [0, 0.05) is 26.1 Å². The molecule has 0 amide bonds. The van der Waals surface area contributed by atoms with Crippen LogP contribution >= 0.6 is 0 Å². The van der Waals surface area contributed by atoms with E-state index in [2.05, 4.69) is 24.3 Å². The van der Waals surface area contributed by atoms with Gasteiger partial charge in [-0.3, -0.25) is 0 Å². The van der Waals surface area contributed by atoms with Crippen molar-refractivity contribution >= 4 is 0 Å². The van der Waals surface area contributed by atoms with Crippen LogP contribution in [0, 0.1) is 11.8 Å². The van der Waals surface area contributed by atoms with Gasteiger partial charge in [0.2, 0.25) is 0 Å². The quantitative estimate of drug-likeness (QED) is 0.657. The number of allylic oxidation sites excluding steroid dienone is 4. The Morgan fingerprint density at radius 1 is 1.00 bits per heavy atom. The summed E-state index contributed by atoms with van der Waals surface area (Å²) in [6, 6.07) is 0. The summed E-state index contributed by atoms with van der Waals surface area (Å²) >= 11 is 0. The van der Waals surface area contributed by atoms with Crippen LogP contribution in [0.25, 0.3) is 0 Å². The van der Waals surface area contributed by atoms with Gasteiger partial charge in [-0.05, 0) is 17.6 Å². The van der Waals surface area contributed by atoms with Crippen molar-refractivity contribution in [3.8, 4) is 0 Å². The molecule has 0 saturated heterocycles. The first-order valence-electron chi connectivity index (χ1n) is 5.41. The molecule has 2 aliphatic rings. The highest BCUT2D eigenvalue weighted by Crippen LogP contribution is 2.40.